The molecular weight excluding hydrogens is 562 g/mol. The molecule has 232 valence electrons. The first-order valence-corrected chi connectivity index (χ1v) is 14.3. The number of rotatable bonds is 18. The highest BCUT2D eigenvalue weighted by Gasteiger charge is 2.10. The minimum absolute atomic E-state index is 0.120. The van der Waals surface area contributed by atoms with Crippen LogP contribution in [0.5, 0.6) is 11.5 Å². The second-order valence-electron chi connectivity index (χ2n) is 9.61. The van der Waals surface area contributed by atoms with Crippen LogP contribution >= 0.6 is 0 Å². The molecule has 4 aromatic rings. The zero-order chi connectivity index (χ0) is 31.0. The van der Waals surface area contributed by atoms with Crippen molar-refractivity contribution in [2.24, 2.45) is 0 Å². The van der Waals surface area contributed by atoms with E-state index in [4.69, 9.17) is 18.9 Å². The average Bonchev–Trinajstić information content (AvgIpc) is 3.05. The van der Waals surface area contributed by atoms with Gasteiger partial charge >= 0.3 is 0 Å². The number of carbonyl (C=O) groups is 1. The van der Waals surface area contributed by atoms with Gasteiger partial charge in [0.05, 0.1) is 40.6 Å². The predicted octanol–water partition coefficient (Wildman–Crippen LogP) is 4.43. The summed E-state index contributed by atoms with van der Waals surface area (Å²) in [6, 6.07) is 22.8. The van der Waals surface area contributed by atoms with Crippen LogP contribution in [0.3, 0.4) is 0 Å². The monoisotopic (exact) mass is 601 g/mol. The van der Waals surface area contributed by atoms with Crippen molar-refractivity contribution in [2.45, 2.75) is 13.5 Å². The Labute approximate surface area is 257 Å². The van der Waals surface area contributed by atoms with Crippen LogP contribution in [0.1, 0.15) is 21.5 Å². The van der Waals surface area contributed by atoms with Crippen LogP contribution < -0.4 is 30.7 Å². The van der Waals surface area contributed by atoms with Crippen LogP contribution in [0, 0.1) is 6.92 Å². The maximum Gasteiger partial charge on any atom is 0.251 e. The van der Waals surface area contributed by atoms with Gasteiger partial charge in [-0.2, -0.15) is 15.0 Å². The second-order valence-corrected chi connectivity index (χ2v) is 9.61. The lowest BCUT2D eigenvalue weighted by atomic mass is 10.1. The number of benzene rings is 3. The van der Waals surface area contributed by atoms with E-state index in [0.29, 0.717) is 81.0 Å². The molecular formula is C32H39N7O5. The molecule has 0 aliphatic carbocycles. The zero-order valence-corrected chi connectivity index (χ0v) is 25.3. The summed E-state index contributed by atoms with van der Waals surface area (Å²) in [5, 5.41) is 12.5. The molecule has 1 heterocycles. The summed E-state index contributed by atoms with van der Waals surface area (Å²) in [5.74, 6) is 2.25. The summed E-state index contributed by atoms with van der Waals surface area (Å²) in [4.78, 5) is 25.6. The topological polar surface area (TPSA) is 141 Å². The van der Waals surface area contributed by atoms with Gasteiger partial charge in [0.25, 0.3) is 5.91 Å². The van der Waals surface area contributed by atoms with Gasteiger partial charge < -0.3 is 40.2 Å². The van der Waals surface area contributed by atoms with Crippen LogP contribution in [0.4, 0.5) is 23.5 Å². The summed E-state index contributed by atoms with van der Waals surface area (Å²) < 4.78 is 22.0. The van der Waals surface area contributed by atoms with Crippen LogP contribution in [0.15, 0.2) is 72.8 Å². The number of amides is 1. The third-order valence-electron chi connectivity index (χ3n) is 6.32. The van der Waals surface area contributed by atoms with Crippen molar-refractivity contribution in [1.82, 2.24) is 20.3 Å². The van der Waals surface area contributed by atoms with E-state index in [-0.39, 0.29) is 5.91 Å². The van der Waals surface area contributed by atoms with Gasteiger partial charge in [-0.15, -0.1) is 0 Å². The van der Waals surface area contributed by atoms with Crippen molar-refractivity contribution < 1.29 is 23.7 Å². The van der Waals surface area contributed by atoms with E-state index < -0.39 is 0 Å². The van der Waals surface area contributed by atoms with Gasteiger partial charge in [-0.1, -0.05) is 48.0 Å². The lowest BCUT2D eigenvalue weighted by Gasteiger charge is -2.13. The van der Waals surface area contributed by atoms with Gasteiger partial charge in [0.2, 0.25) is 17.8 Å². The predicted molar refractivity (Wildman–Crippen MR) is 170 cm³/mol. The Hall–Kier alpha value is -4.94. The Morgan fingerprint density at radius 3 is 2.07 bits per heavy atom. The van der Waals surface area contributed by atoms with Gasteiger partial charge in [-0.25, -0.2) is 0 Å². The molecule has 0 saturated carbocycles. The molecule has 0 aliphatic heterocycles. The summed E-state index contributed by atoms with van der Waals surface area (Å²) >= 11 is 0. The first kappa shape index (κ1) is 32.0. The molecule has 0 fully saturated rings. The number of nitrogens with one attached hydrogen (secondary N) is 4. The first-order valence-electron chi connectivity index (χ1n) is 14.3. The van der Waals surface area contributed by atoms with E-state index >= 15 is 0 Å². The Kier molecular flexibility index (Phi) is 12.5. The zero-order valence-electron chi connectivity index (χ0n) is 25.3. The first-order chi connectivity index (χ1) is 21.5. The number of aryl methyl sites for hydroxylation is 1. The number of aromatic nitrogens is 3. The molecule has 0 aliphatic rings. The largest absolute Gasteiger partial charge is 0.493 e. The SMILES string of the molecule is COc1ccc(Nc2nc(NCCOCCOCCNC(=O)c3ccccc3)nc(NCc3ccc(C)cc3)n2)cc1OC. The molecule has 3 aromatic carbocycles. The summed E-state index contributed by atoms with van der Waals surface area (Å²) in [5.41, 5.74) is 3.66. The number of nitrogens with zero attached hydrogens (tertiary/aromatic N) is 3. The fourth-order valence-corrected chi connectivity index (χ4v) is 4.01. The smallest absolute Gasteiger partial charge is 0.251 e. The number of hydrogen-bond acceptors (Lipinski definition) is 11. The quantitative estimate of drug-likeness (QED) is 0.120. The Balaban J connectivity index is 1.24. The number of ether oxygens (including phenoxy) is 4. The fraction of sp³-hybridized carbons (Fsp3) is 0.312. The molecule has 0 radical (unpaired) electrons. The fourth-order valence-electron chi connectivity index (χ4n) is 4.01. The Morgan fingerprint density at radius 2 is 1.36 bits per heavy atom. The van der Waals surface area contributed by atoms with Gasteiger partial charge in [-0.05, 0) is 36.8 Å². The van der Waals surface area contributed by atoms with Crippen molar-refractivity contribution in [2.75, 3.05) is 69.7 Å². The van der Waals surface area contributed by atoms with Crippen molar-refractivity contribution in [3.05, 3.63) is 89.5 Å². The van der Waals surface area contributed by atoms with Crippen molar-refractivity contribution in [3.63, 3.8) is 0 Å². The molecule has 12 nitrogen and oxygen atoms in total. The molecule has 1 amide bonds. The van der Waals surface area contributed by atoms with Gasteiger partial charge in [0, 0.05) is 37.0 Å². The molecule has 44 heavy (non-hydrogen) atoms. The second kappa shape index (κ2) is 17.2. The lowest BCUT2D eigenvalue weighted by Crippen LogP contribution is -2.27. The Bertz CT molecular complexity index is 1460. The maximum atomic E-state index is 12.0. The lowest BCUT2D eigenvalue weighted by molar-refractivity contribution is 0.0519. The van der Waals surface area contributed by atoms with E-state index in [1.54, 1.807) is 32.4 Å². The highest BCUT2D eigenvalue weighted by molar-refractivity contribution is 5.94. The van der Waals surface area contributed by atoms with Crippen molar-refractivity contribution in [3.8, 4) is 11.5 Å². The van der Waals surface area contributed by atoms with Gasteiger partial charge in [-0.3, -0.25) is 4.79 Å². The van der Waals surface area contributed by atoms with Crippen LogP contribution in [-0.2, 0) is 16.0 Å². The number of hydrogen-bond donors (Lipinski definition) is 4. The normalized spacial score (nSPS) is 10.6. The highest BCUT2D eigenvalue weighted by atomic mass is 16.5. The minimum Gasteiger partial charge on any atom is -0.493 e. The summed E-state index contributed by atoms with van der Waals surface area (Å²) in [7, 11) is 3.17. The summed E-state index contributed by atoms with van der Waals surface area (Å²) in [6.45, 7) is 5.17. The van der Waals surface area contributed by atoms with Gasteiger partial charge in [0.15, 0.2) is 11.5 Å². The van der Waals surface area contributed by atoms with E-state index in [9.17, 15) is 4.79 Å². The van der Waals surface area contributed by atoms with E-state index in [2.05, 4.69) is 67.4 Å². The number of anilines is 4. The third-order valence-corrected chi connectivity index (χ3v) is 6.32. The standard InChI is InChI=1S/C32H39N7O5/c1-23-9-11-24(12-10-23)22-35-31-37-30(38-32(39-31)36-26-13-14-27(41-2)28(21-26)42-3)34-16-18-44-20-19-43-17-15-33-29(40)25-7-5-4-6-8-25/h4-14,21H,15-20,22H2,1-3H3,(H,33,40)(H3,34,35,36,37,38,39). The van der Waals surface area contributed by atoms with Crippen LogP contribution in [-0.4, -0.2) is 74.6 Å². The van der Waals surface area contributed by atoms with Crippen LogP contribution in [0.2, 0.25) is 0 Å². The van der Waals surface area contributed by atoms with Crippen molar-refractivity contribution >= 4 is 29.4 Å². The molecule has 4 rings (SSSR count). The molecule has 0 spiro atoms. The third kappa shape index (κ3) is 10.4. The Morgan fingerprint density at radius 1 is 0.705 bits per heavy atom. The molecule has 0 unspecified atom stereocenters. The van der Waals surface area contributed by atoms with Crippen molar-refractivity contribution in [1.29, 1.82) is 0 Å². The average molecular weight is 602 g/mol. The summed E-state index contributed by atoms with van der Waals surface area (Å²) in [6.07, 6.45) is 0. The molecule has 0 atom stereocenters. The van der Waals surface area contributed by atoms with E-state index in [1.807, 2.05) is 30.3 Å². The maximum absolute atomic E-state index is 12.0. The van der Waals surface area contributed by atoms with Crippen LogP contribution in [0.25, 0.3) is 0 Å². The number of methoxy groups -OCH3 is 2. The van der Waals surface area contributed by atoms with E-state index in [0.717, 1.165) is 11.3 Å². The van der Waals surface area contributed by atoms with Gasteiger partial charge in [0.1, 0.15) is 0 Å². The molecule has 1 aromatic heterocycles. The molecule has 12 heteroatoms. The molecule has 0 saturated heterocycles. The number of carbonyl (C=O) groups excluding carboxylic acids is 1. The molecule has 4 N–H and O–H groups in total. The minimum atomic E-state index is -0.120. The molecule has 0 bridgehead atoms. The van der Waals surface area contributed by atoms with E-state index in [1.165, 1.54) is 5.56 Å². The highest BCUT2D eigenvalue weighted by Crippen LogP contribution is 2.30.